The maximum Gasteiger partial charge on any atom is 0.330 e. The maximum atomic E-state index is 13.7. The van der Waals surface area contributed by atoms with Crippen LogP contribution in [-0.4, -0.2) is 81.0 Å². The molecular formula is C31H28O13. The number of phenols is 3. The van der Waals surface area contributed by atoms with E-state index < -0.39 is 60.2 Å². The molecule has 0 amide bonds. The van der Waals surface area contributed by atoms with Crippen molar-refractivity contribution >= 4 is 23.0 Å². The van der Waals surface area contributed by atoms with Crippen molar-refractivity contribution in [2.45, 2.75) is 30.7 Å². The smallest absolute Gasteiger partial charge is 0.330 e. The lowest BCUT2D eigenvalue weighted by molar-refractivity contribution is -0.278. The molecule has 13 nitrogen and oxygen atoms in total. The van der Waals surface area contributed by atoms with Gasteiger partial charge in [-0.1, -0.05) is 12.1 Å². The van der Waals surface area contributed by atoms with E-state index in [1.165, 1.54) is 61.7 Å². The van der Waals surface area contributed by atoms with E-state index in [2.05, 4.69) is 0 Å². The van der Waals surface area contributed by atoms with Crippen molar-refractivity contribution in [3.05, 3.63) is 82.5 Å². The number of rotatable bonds is 8. The number of methoxy groups -OCH3 is 1. The molecule has 6 N–H and O–H groups in total. The molecule has 1 saturated heterocycles. The summed E-state index contributed by atoms with van der Waals surface area (Å²) in [4.78, 5) is 25.9. The number of phenolic OH excluding ortho intramolecular Hbond substituents is 3. The van der Waals surface area contributed by atoms with Crippen molar-refractivity contribution in [2.75, 3.05) is 13.7 Å². The Morgan fingerprint density at radius 3 is 2.23 bits per heavy atom. The lowest BCUT2D eigenvalue weighted by Gasteiger charge is -2.39. The Morgan fingerprint density at radius 1 is 0.909 bits per heavy atom. The molecule has 4 aromatic rings. The fraction of sp³-hybridized carbons (Fsp3) is 0.226. The number of fused-ring (bicyclic) bond motifs is 1. The number of carbonyl (C=O) groups excluding carboxylic acids is 1. The van der Waals surface area contributed by atoms with Crippen molar-refractivity contribution in [3.63, 3.8) is 0 Å². The van der Waals surface area contributed by atoms with Crippen LogP contribution in [-0.2, 0) is 14.3 Å². The van der Waals surface area contributed by atoms with E-state index in [1.807, 2.05) is 0 Å². The third-order valence-corrected chi connectivity index (χ3v) is 6.87. The van der Waals surface area contributed by atoms with Gasteiger partial charge >= 0.3 is 5.97 Å². The zero-order valence-corrected chi connectivity index (χ0v) is 23.1. The number of carbonyl (C=O) groups is 1. The van der Waals surface area contributed by atoms with Crippen molar-refractivity contribution in [1.82, 2.24) is 0 Å². The third-order valence-electron chi connectivity index (χ3n) is 6.87. The molecular weight excluding hydrogens is 580 g/mol. The number of hydrogen-bond acceptors (Lipinski definition) is 13. The minimum Gasteiger partial charge on any atom is -0.508 e. The zero-order valence-electron chi connectivity index (χ0n) is 23.1. The molecule has 0 bridgehead atoms. The van der Waals surface area contributed by atoms with E-state index in [9.17, 15) is 40.2 Å². The quantitative estimate of drug-likeness (QED) is 0.125. The molecule has 3 aromatic carbocycles. The average molecular weight is 609 g/mol. The first-order valence-electron chi connectivity index (χ1n) is 13.2. The van der Waals surface area contributed by atoms with Crippen LogP contribution in [0.4, 0.5) is 0 Å². The van der Waals surface area contributed by atoms with Crippen LogP contribution in [0.2, 0.25) is 0 Å². The number of ether oxygens (including phenoxy) is 4. The molecule has 13 heteroatoms. The Balaban J connectivity index is 1.43. The Labute approximate surface area is 249 Å². The van der Waals surface area contributed by atoms with Gasteiger partial charge in [0.05, 0.1) is 7.11 Å². The van der Waals surface area contributed by atoms with Gasteiger partial charge in [0.25, 0.3) is 0 Å². The van der Waals surface area contributed by atoms with E-state index in [4.69, 9.17) is 23.4 Å². The molecule has 2 heterocycles. The predicted molar refractivity (Wildman–Crippen MR) is 153 cm³/mol. The molecule has 5 atom stereocenters. The summed E-state index contributed by atoms with van der Waals surface area (Å²) < 4.78 is 27.6. The SMILES string of the molecule is COc1cc(O)c2c(=O)c(O[C@@H]3OC(COC(=O)C=Cc4ccc(O)cc4)[C@@H](O)C(O)C3O)c(-c3ccc(O)cc3)oc2c1. The normalized spacial score (nSPS) is 21.8. The molecule has 1 fully saturated rings. The lowest BCUT2D eigenvalue weighted by atomic mass is 9.99. The molecule has 0 saturated carbocycles. The number of benzene rings is 3. The van der Waals surface area contributed by atoms with E-state index in [0.29, 0.717) is 5.56 Å². The Bertz CT molecular complexity index is 1730. The first-order chi connectivity index (χ1) is 21.0. The second-order valence-electron chi connectivity index (χ2n) is 9.84. The lowest BCUT2D eigenvalue weighted by Crippen LogP contribution is -2.60. The highest BCUT2D eigenvalue weighted by molar-refractivity contribution is 5.88. The monoisotopic (exact) mass is 608 g/mol. The molecule has 0 radical (unpaired) electrons. The fourth-order valence-electron chi connectivity index (χ4n) is 4.52. The summed E-state index contributed by atoms with van der Waals surface area (Å²) in [6, 6.07) is 14.1. The van der Waals surface area contributed by atoms with Crippen LogP contribution < -0.4 is 14.9 Å². The summed E-state index contributed by atoms with van der Waals surface area (Å²) >= 11 is 0. The Morgan fingerprint density at radius 2 is 1.57 bits per heavy atom. The first kappa shape index (κ1) is 30.4. The molecule has 1 aromatic heterocycles. The predicted octanol–water partition coefficient (Wildman–Crippen LogP) is 2.03. The number of esters is 1. The van der Waals surface area contributed by atoms with Gasteiger partial charge in [0.15, 0.2) is 5.76 Å². The van der Waals surface area contributed by atoms with Crippen molar-refractivity contribution in [2.24, 2.45) is 0 Å². The fourth-order valence-corrected chi connectivity index (χ4v) is 4.52. The number of aliphatic hydroxyl groups is 3. The van der Waals surface area contributed by atoms with Gasteiger partial charge in [-0.25, -0.2) is 4.79 Å². The van der Waals surface area contributed by atoms with E-state index in [0.717, 1.165) is 6.08 Å². The summed E-state index contributed by atoms with van der Waals surface area (Å²) in [5, 5.41) is 61.1. The Hall–Kier alpha value is -5.08. The number of aromatic hydroxyl groups is 3. The van der Waals surface area contributed by atoms with Crippen LogP contribution >= 0.6 is 0 Å². The van der Waals surface area contributed by atoms with Gasteiger partial charge in [0.1, 0.15) is 65.0 Å². The van der Waals surface area contributed by atoms with Crippen LogP contribution in [0.3, 0.4) is 0 Å². The third kappa shape index (κ3) is 6.31. The summed E-state index contributed by atoms with van der Waals surface area (Å²) in [7, 11) is 1.36. The van der Waals surface area contributed by atoms with Crippen molar-refractivity contribution in [1.29, 1.82) is 0 Å². The maximum absolute atomic E-state index is 13.7. The van der Waals surface area contributed by atoms with Crippen LogP contribution in [0.15, 0.2) is 76.0 Å². The van der Waals surface area contributed by atoms with Crippen LogP contribution in [0, 0.1) is 0 Å². The molecule has 230 valence electrons. The van der Waals surface area contributed by atoms with Crippen molar-refractivity contribution < 1.29 is 58.8 Å². The van der Waals surface area contributed by atoms with Gasteiger partial charge in [0, 0.05) is 23.8 Å². The summed E-state index contributed by atoms with van der Waals surface area (Å²) in [6.07, 6.45) is -6.06. The zero-order chi connectivity index (χ0) is 31.5. The van der Waals surface area contributed by atoms with Crippen molar-refractivity contribution in [3.8, 4) is 40.1 Å². The Kier molecular flexibility index (Phi) is 8.73. The molecule has 3 unspecified atom stereocenters. The van der Waals surface area contributed by atoms with Gasteiger partial charge in [-0.2, -0.15) is 0 Å². The first-order valence-corrected chi connectivity index (χ1v) is 13.2. The van der Waals surface area contributed by atoms with E-state index in [-0.39, 0.29) is 39.5 Å². The van der Waals surface area contributed by atoms with Crippen LogP contribution in [0.1, 0.15) is 5.56 Å². The minimum atomic E-state index is -1.88. The minimum absolute atomic E-state index is 0.0550. The summed E-state index contributed by atoms with van der Waals surface area (Å²) in [5.41, 5.74) is -0.0686. The van der Waals surface area contributed by atoms with Crippen LogP contribution in [0.5, 0.6) is 28.7 Å². The van der Waals surface area contributed by atoms with Gasteiger partial charge in [-0.3, -0.25) is 4.79 Å². The largest absolute Gasteiger partial charge is 0.508 e. The molecule has 5 rings (SSSR count). The van der Waals surface area contributed by atoms with Gasteiger partial charge in [-0.05, 0) is 48.0 Å². The highest BCUT2D eigenvalue weighted by atomic mass is 16.7. The highest BCUT2D eigenvalue weighted by Gasteiger charge is 2.46. The molecule has 1 aliphatic rings. The topological polar surface area (TPSA) is 206 Å². The van der Waals surface area contributed by atoms with Gasteiger partial charge < -0.3 is 54.0 Å². The molecule has 0 spiro atoms. The van der Waals surface area contributed by atoms with Gasteiger partial charge in [-0.15, -0.1) is 0 Å². The molecule has 0 aliphatic carbocycles. The second-order valence-corrected chi connectivity index (χ2v) is 9.84. The summed E-state index contributed by atoms with van der Waals surface area (Å²) in [6.45, 7) is -0.568. The molecule has 44 heavy (non-hydrogen) atoms. The molecule has 1 aliphatic heterocycles. The van der Waals surface area contributed by atoms with Gasteiger partial charge in [0.2, 0.25) is 17.5 Å². The highest BCUT2D eigenvalue weighted by Crippen LogP contribution is 2.37. The second kappa shape index (κ2) is 12.7. The average Bonchev–Trinajstić information content (AvgIpc) is 3.01. The van der Waals surface area contributed by atoms with Crippen LogP contribution in [0.25, 0.3) is 28.4 Å². The summed E-state index contributed by atoms with van der Waals surface area (Å²) in [5.74, 6) is -1.82. The number of aliphatic hydroxyl groups excluding tert-OH is 3. The number of hydrogen-bond donors (Lipinski definition) is 6. The van der Waals surface area contributed by atoms with E-state index >= 15 is 0 Å². The standard InChI is InChI=1S/C31H28O13/c1-40-19-12-20(34)24-21(13-19)42-29(16-5-9-18(33)10-6-16)30(26(24)37)44-31-28(39)27(38)25(36)22(43-31)14-41-23(35)11-4-15-2-7-17(32)8-3-15/h2-13,22,25,27-28,31-34,36,38-39H,14H2,1H3/t22?,25-,27?,28?,31+/m1/s1. The van der Waals surface area contributed by atoms with E-state index in [1.54, 1.807) is 12.1 Å².